The minimum atomic E-state index is -0.335. The minimum absolute atomic E-state index is 0. The Bertz CT molecular complexity index is 1110. The lowest BCUT2D eigenvalue weighted by molar-refractivity contribution is -0.116. The lowest BCUT2D eigenvalue weighted by Gasteiger charge is -2.18. The van der Waals surface area contributed by atoms with Gasteiger partial charge in [-0.15, -0.1) is 12.4 Å². The number of fused-ring (bicyclic) bond motifs is 3. The summed E-state index contributed by atoms with van der Waals surface area (Å²) in [6, 6.07) is 15.3. The van der Waals surface area contributed by atoms with E-state index in [0.717, 1.165) is 28.9 Å². The standard InChI is InChI=1S/C24H28N4O4.ClH/c1-25-11-13-31-14-15-32-18-8-6-17(7-9-18)16-26-24(30)22-21(29)10-12-28-20-5-3-2-4-19(20)27-23(22)28;/h2-9,25,29H,10-16H2,1H3,(H,26,30);1H. The van der Waals surface area contributed by atoms with Crippen LogP contribution in [0.2, 0.25) is 0 Å². The van der Waals surface area contributed by atoms with Crippen LogP contribution in [0.4, 0.5) is 0 Å². The fourth-order valence-electron chi connectivity index (χ4n) is 3.67. The first-order valence-corrected chi connectivity index (χ1v) is 10.8. The van der Waals surface area contributed by atoms with Crippen LogP contribution in [0.25, 0.3) is 16.6 Å². The molecule has 0 atom stereocenters. The maximum Gasteiger partial charge on any atom is 0.258 e. The number of amides is 1. The molecule has 0 aliphatic carbocycles. The molecule has 1 aliphatic heterocycles. The second-order valence-electron chi connectivity index (χ2n) is 7.54. The average molecular weight is 473 g/mol. The molecule has 1 aromatic heterocycles. The lowest BCUT2D eigenvalue weighted by Crippen LogP contribution is -2.28. The number of aliphatic hydroxyl groups excluding tert-OH is 1. The number of hydrogen-bond donors (Lipinski definition) is 3. The van der Waals surface area contributed by atoms with Gasteiger partial charge in [-0.25, -0.2) is 4.98 Å². The van der Waals surface area contributed by atoms with Gasteiger partial charge in [0.05, 0.1) is 24.2 Å². The van der Waals surface area contributed by atoms with Crippen molar-refractivity contribution in [3.05, 3.63) is 65.7 Å². The lowest BCUT2D eigenvalue weighted by atomic mass is 10.1. The zero-order valence-corrected chi connectivity index (χ0v) is 19.4. The Morgan fingerprint density at radius 2 is 1.91 bits per heavy atom. The molecule has 1 amide bonds. The summed E-state index contributed by atoms with van der Waals surface area (Å²) in [7, 11) is 1.88. The highest BCUT2D eigenvalue weighted by atomic mass is 35.5. The van der Waals surface area contributed by atoms with Gasteiger partial charge in [-0.3, -0.25) is 4.79 Å². The van der Waals surface area contributed by atoms with Gasteiger partial charge in [0.25, 0.3) is 5.91 Å². The van der Waals surface area contributed by atoms with Gasteiger partial charge in [-0.2, -0.15) is 0 Å². The summed E-state index contributed by atoms with van der Waals surface area (Å²) in [5.74, 6) is 0.996. The maximum absolute atomic E-state index is 12.9. The molecule has 0 unspecified atom stereocenters. The van der Waals surface area contributed by atoms with Crippen LogP contribution in [0.1, 0.15) is 17.8 Å². The number of carbonyl (C=O) groups is 1. The molecule has 0 fully saturated rings. The topological polar surface area (TPSA) is 97.6 Å². The smallest absolute Gasteiger partial charge is 0.258 e. The Balaban J connectivity index is 0.00000306. The zero-order chi connectivity index (χ0) is 22.3. The number of allylic oxidation sites excluding steroid dienone is 1. The number of carbonyl (C=O) groups excluding carboxylic acids is 1. The fourth-order valence-corrected chi connectivity index (χ4v) is 3.67. The van der Waals surface area contributed by atoms with E-state index >= 15 is 0 Å². The van der Waals surface area contributed by atoms with Crippen molar-refractivity contribution < 1.29 is 19.4 Å². The number of para-hydroxylation sites is 2. The monoisotopic (exact) mass is 472 g/mol. The van der Waals surface area contributed by atoms with E-state index in [1.165, 1.54) is 0 Å². The molecule has 0 radical (unpaired) electrons. The van der Waals surface area contributed by atoms with Gasteiger partial charge < -0.3 is 29.8 Å². The van der Waals surface area contributed by atoms with Gasteiger partial charge in [0.2, 0.25) is 0 Å². The predicted molar refractivity (Wildman–Crippen MR) is 130 cm³/mol. The first-order chi connectivity index (χ1) is 15.7. The Morgan fingerprint density at radius 3 is 2.70 bits per heavy atom. The molecule has 1 aliphatic rings. The molecule has 0 spiro atoms. The van der Waals surface area contributed by atoms with Crippen LogP contribution in [0.5, 0.6) is 5.75 Å². The number of rotatable bonds is 10. The molecule has 0 bridgehead atoms. The largest absolute Gasteiger partial charge is 0.511 e. The van der Waals surface area contributed by atoms with Gasteiger partial charge in [-0.1, -0.05) is 24.3 Å². The van der Waals surface area contributed by atoms with Crippen molar-refractivity contribution in [3.63, 3.8) is 0 Å². The van der Waals surface area contributed by atoms with Crippen molar-refractivity contribution in [2.75, 3.05) is 33.4 Å². The summed E-state index contributed by atoms with van der Waals surface area (Å²) < 4.78 is 13.1. The molecule has 33 heavy (non-hydrogen) atoms. The Morgan fingerprint density at radius 1 is 1.12 bits per heavy atom. The zero-order valence-electron chi connectivity index (χ0n) is 18.5. The Hall–Kier alpha value is -3.07. The van der Waals surface area contributed by atoms with E-state index in [1.807, 2.05) is 60.1 Å². The number of nitrogens with zero attached hydrogens (tertiary/aromatic N) is 2. The number of imidazole rings is 1. The maximum atomic E-state index is 12.9. The molecule has 176 valence electrons. The predicted octanol–water partition coefficient (Wildman–Crippen LogP) is 3.06. The molecule has 0 saturated heterocycles. The molecule has 9 heteroatoms. The van der Waals surface area contributed by atoms with E-state index in [2.05, 4.69) is 15.6 Å². The van der Waals surface area contributed by atoms with Gasteiger partial charge in [0, 0.05) is 26.1 Å². The summed E-state index contributed by atoms with van der Waals surface area (Å²) >= 11 is 0. The normalized spacial score (nSPS) is 12.9. The molecule has 4 rings (SSSR count). The van der Waals surface area contributed by atoms with Gasteiger partial charge in [0.1, 0.15) is 29.5 Å². The first kappa shape index (κ1) is 24.6. The van der Waals surface area contributed by atoms with Crippen LogP contribution in [0.3, 0.4) is 0 Å². The van der Waals surface area contributed by atoms with Gasteiger partial charge in [-0.05, 0) is 36.9 Å². The third kappa shape index (κ3) is 5.84. The fraction of sp³-hybridized carbons (Fsp3) is 0.333. The third-order valence-corrected chi connectivity index (χ3v) is 5.34. The van der Waals surface area contributed by atoms with E-state index in [9.17, 15) is 9.90 Å². The molecule has 2 heterocycles. The summed E-state index contributed by atoms with van der Waals surface area (Å²) in [5, 5.41) is 16.3. The second kappa shape index (κ2) is 11.7. The highest BCUT2D eigenvalue weighted by molar-refractivity contribution is 6.19. The molecule has 3 aromatic rings. The second-order valence-corrected chi connectivity index (χ2v) is 7.54. The average Bonchev–Trinajstić information content (AvgIpc) is 3.19. The van der Waals surface area contributed by atoms with E-state index in [0.29, 0.717) is 45.2 Å². The summed E-state index contributed by atoms with van der Waals surface area (Å²) in [6.07, 6.45) is 0.404. The van der Waals surface area contributed by atoms with Gasteiger partial charge >= 0.3 is 0 Å². The summed E-state index contributed by atoms with van der Waals surface area (Å²) in [4.78, 5) is 17.5. The highest BCUT2D eigenvalue weighted by Gasteiger charge is 2.27. The Labute approximate surface area is 199 Å². The quantitative estimate of drug-likeness (QED) is 0.392. The van der Waals surface area contributed by atoms with Crippen molar-refractivity contribution in [1.82, 2.24) is 20.2 Å². The van der Waals surface area contributed by atoms with Crippen molar-refractivity contribution in [2.45, 2.75) is 19.5 Å². The van der Waals surface area contributed by atoms with Crippen LogP contribution in [0.15, 0.2) is 54.3 Å². The number of likely N-dealkylation sites (N-methyl/N-ethyl adjacent to an activating group) is 1. The van der Waals surface area contributed by atoms with E-state index in [4.69, 9.17) is 9.47 Å². The van der Waals surface area contributed by atoms with Crippen molar-refractivity contribution in [1.29, 1.82) is 0 Å². The van der Waals surface area contributed by atoms with Crippen LogP contribution in [-0.2, 0) is 22.6 Å². The molecule has 3 N–H and O–H groups in total. The van der Waals surface area contributed by atoms with Crippen LogP contribution < -0.4 is 15.4 Å². The number of ether oxygens (including phenoxy) is 2. The Kier molecular flexibility index (Phi) is 8.71. The summed E-state index contributed by atoms with van der Waals surface area (Å²) in [5.41, 5.74) is 2.94. The van der Waals surface area contributed by atoms with Crippen LogP contribution >= 0.6 is 12.4 Å². The number of halogens is 1. The number of hydrogen-bond acceptors (Lipinski definition) is 6. The van der Waals surface area contributed by atoms with Crippen molar-refractivity contribution in [3.8, 4) is 5.75 Å². The number of nitrogens with one attached hydrogen (secondary N) is 2. The van der Waals surface area contributed by atoms with E-state index in [1.54, 1.807) is 0 Å². The van der Waals surface area contributed by atoms with Crippen LogP contribution in [0, 0.1) is 0 Å². The number of aliphatic hydroxyl groups is 1. The highest BCUT2D eigenvalue weighted by Crippen LogP contribution is 2.29. The van der Waals surface area contributed by atoms with Crippen molar-refractivity contribution in [2.24, 2.45) is 0 Å². The van der Waals surface area contributed by atoms with E-state index < -0.39 is 0 Å². The van der Waals surface area contributed by atoms with Gasteiger partial charge in [0.15, 0.2) is 0 Å². The minimum Gasteiger partial charge on any atom is -0.511 e. The first-order valence-electron chi connectivity index (χ1n) is 10.8. The molecule has 2 aromatic carbocycles. The van der Waals surface area contributed by atoms with Crippen LogP contribution in [-0.4, -0.2) is 54.0 Å². The molecular weight excluding hydrogens is 444 g/mol. The molecular formula is C24H29ClN4O4. The van der Waals surface area contributed by atoms with E-state index in [-0.39, 0.29) is 29.6 Å². The SMILES string of the molecule is CNCCOCCOc1ccc(CNC(=O)C2=C(O)CCn3c2nc2ccccc23)cc1.Cl. The third-order valence-electron chi connectivity index (χ3n) is 5.34. The molecule has 8 nitrogen and oxygen atoms in total. The molecule has 0 saturated carbocycles. The number of aromatic nitrogens is 2. The number of aryl methyl sites for hydroxylation is 1. The van der Waals surface area contributed by atoms with Crippen molar-refractivity contribution >= 4 is 34.9 Å². The number of benzene rings is 2. The summed E-state index contributed by atoms with van der Waals surface area (Å²) in [6.45, 7) is 3.41.